The van der Waals surface area contributed by atoms with Crippen LogP contribution in [0.2, 0.25) is 0 Å². The molecule has 0 aliphatic carbocycles. The van der Waals surface area contributed by atoms with Crippen LogP contribution in [0.3, 0.4) is 0 Å². The first-order chi connectivity index (χ1) is 8.06. The maximum absolute atomic E-state index is 3.74. The summed E-state index contributed by atoms with van der Waals surface area (Å²) in [5.41, 5.74) is 2.76. The monoisotopic (exact) mass is 236 g/mol. The second-order valence-electron chi connectivity index (χ2n) is 4.65. The molecule has 0 N–H and O–H groups in total. The van der Waals surface area contributed by atoms with Crippen molar-refractivity contribution in [3.63, 3.8) is 0 Å². The molecule has 0 fully saturated rings. The summed E-state index contributed by atoms with van der Waals surface area (Å²) in [5, 5.41) is 0. The molecule has 2 nitrogen and oxygen atoms in total. The molecule has 0 radical (unpaired) electrons. The highest BCUT2D eigenvalue weighted by atomic mass is 15.1. The van der Waals surface area contributed by atoms with Crippen molar-refractivity contribution in [3.05, 3.63) is 36.2 Å². The summed E-state index contributed by atoms with van der Waals surface area (Å²) in [7, 11) is 6.32. The van der Waals surface area contributed by atoms with Crippen molar-refractivity contribution in [2.24, 2.45) is 7.05 Å². The SMILES string of the molecule is C=CCCc1ccc(CN(C)C)n1C.CCC. The van der Waals surface area contributed by atoms with Gasteiger partial charge in [0, 0.05) is 25.0 Å². The summed E-state index contributed by atoms with van der Waals surface area (Å²) in [5.74, 6) is 0. The maximum Gasteiger partial charge on any atom is 0.0381 e. The van der Waals surface area contributed by atoms with E-state index in [2.05, 4.69) is 63.2 Å². The number of rotatable bonds is 5. The fourth-order valence-electron chi connectivity index (χ4n) is 1.58. The molecule has 0 aliphatic heterocycles. The van der Waals surface area contributed by atoms with Gasteiger partial charge in [-0.1, -0.05) is 26.3 Å². The van der Waals surface area contributed by atoms with Crippen molar-refractivity contribution in [3.8, 4) is 0 Å². The molecule has 0 bridgehead atoms. The molecule has 17 heavy (non-hydrogen) atoms. The summed E-state index contributed by atoms with van der Waals surface area (Å²) < 4.78 is 2.28. The van der Waals surface area contributed by atoms with Crippen LogP contribution in [0, 0.1) is 0 Å². The molecule has 0 aromatic carbocycles. The Hall–Kier alpha value is -1.02. The lowest BCUT2D eigenvalue weighted by Gasteiger charge is -2.11. The lowest BCUT2D eigenvalue weighted by molar-refractivity contribution is 0.390. The van der Waals surface area contributed by atoms with Crippen molar-refractivity contribution in [2.45, 2.75) is 39.7 Å². The summed E-state index contributed by atoms with van der Waals surface area (Å²) >= 11 is 0. The van der Waals surface area contributed by atoms with E-state index >= 15 is 0 Å². The lowest BCUT2D eigenvalue weighted by Crippen LogP contribution is -2.14. The number of hydrogen-bond donors (Lipinski definition) is 0. The molecule has 0 saturated heterocycles. The van der Waals surface area contributed by atoms with Crippen LogP contribution in [-0.4, -0.2) is 23.6 Å². The Morgan fingerprint density at radius 1 is 1.24 bits per heavy atom. The van der Waals surface area contributed by atoms with Crippen LogP contribution in [0.25, 0.3) is 0 Å². The molecule has 0 atom stereocenters. The van der Waals surface area contributed by atoms with E-state index in [1.54, 1.807) is 0 Å². The van der Waals surface area contributed by atoms with Gasteiger partial charge in [-0.25, -0.2) is 0 Å². The van der Waals surface area contributed by atoms with E-state index in [9.17, 15) is 0 Å². The van der Waals surface area contributed by atoms with E-state index in [1.807, 2.05) is 6.08 Å². The van der Waals surface area contributed by atoms with E-state index in [0.717, 1.165) is 19.4 Å². The molecule has 0 aliphatic rings. The molecule has 0 spiro atoms. The standard InChI is InChI=1S/C12H20N2.C3H8/c1-5-6-7-11-8-9-12(14(11)4)10-13(2)3;1-3-2/h5,8-9H,1,6-7,10H2,2-4H3;3H2,1-2H3. The Balaban J connectivity index is 0.000000770. The van der Waals surface area contributed by atoms with Crippen LogP contribution in [0.5, 0.6) is 0 Å². The normalized spacial score (nSPS) is 10.0. The summed E-state index contributed by atoms with van der Waals surface area (Å²) in [6.45, 7) is 9.00. The van der Waals surface area contributed by atoms with Gasteiger partial charge in [0.15, 0.2) is 0 Å². The zero-order valence-corrected chi connectivity index (χ0v) is 12.2. The minimum Gasteiger partial charge on any atom is -0.350 e. The third kappa shape index (κ3) is 6.32. The Morgan fingerprint density at radius 3 is 2.24 bits per heavy atom. The summed E-state index contributed by atoms with van der Waals surface area (Å²) in [6, 6.07) is 4.42. The van der Waals surface area contributed by atoms with Gasteiger partial charge in [-0.2, -0.15) is 0 Å². The fraction of sp³-hybridized carbons (Fsp3) is 0.600. The summed E-state index contributed by atoms with van der Waals surface area (Å²) in [6.07, 6.45) is 5.37. The van der Waals surface area contributed by atoms with Crippen LogP contribution < -0.4 is 0 Å². The number of aromatic nitrogens is 1. The van der Waals surface area contributed by atoms with Crippen LogP contribution in [0.4, 0.5) is 0 Å². The summed E-state index contributed by atoms with van der Waals surface area (Å²) in [4.78, 5) is 2.19. The van der Waals surface area contributed by atoms with Crippen LogP contribution in [0.1, 0.15) is 38.1 Å². The molecule has 0 amide bonds. The number of allylic oxidation sites excluding steroid dienone is 1. The van der Waals surface area contributed by atoms with Gasteiger partial charge in [-0.3, -0.25) is 0 Å². The number of nitrogens with zero attached hydrogens (tertiary/aromatic N) is 2. The van der Waals surface area contributed by atoms with E-state index < -0.39 is 0 Å². The van der Waals surface area contributed by atoms with E-state index in [1.165, 1.54) is 17.8 Å². The molecule has 1 aromatic heterocycles. The van der Waals surface area contributed by atoms with Gasteiger partial charge < -0.3 is 9.47 Å². The van der Waals surface area contributed by atoms with Crippen molar-refractivity contribution in [2.75, 3.05) is 14.1 Å². The third-order valence-electron chi connectivity index (χ3n) is 2.41. The van der Waals surface area contributed by atoms with Crippen molar-refractivity contribution in [1.82, 2.24) is 9.47 Å². The highest BCUT2D eigenvalue weighted by molar-refractivity contribution is 5.16. The van der Waals surface area contributed by atoms with Gasteiger partial charge in [0.1, 0.15) is 0 Å². The molecule has 0 saturated carbocycles. The van der Waals surface area contributed by atoms with Gasteiger partial charge in [-0.05, 0) is 39.1 Å². The Morgan fingerprint density at radius 2 is 1.76 bits per heavy atom. The molecule has 98 valence electrons. The second kappa shape index (κ2) is 9.06. The predicted molar refractivity (Wildman–Crippen MR) is 77.3 cm³/mol. The molecule has 2 heteroatoms. The molecule has 1 heterocycles. The van der Waals surface area contributed by atoms with Crippen molar-refractivity contribution >= 4 is 0 Å². The first-order valence-corrected chi connectivity index (χ1v) is 6.45. The highest BCUT2D eigenvalue weighted by Gasteiger charge is 2.04. The van der Waals surface area contributed by atoms with Crippen molar-refractivity contribution in [1.29, 1.82) is 0 Å². The fourth-order valence-corrected chi connectivity index (χ4v) is 1.58. The minimum atomic E-state index is 1.00. The van der Waals surface area contributed by atoms with Crippen molar-refractivity contribution < 1.29 is 0 Å². The van der Waals surface area contributed by atoms with Crippen LogP contribution in [0.15, 0.2) is 24.8 Å². The Bertz CT molecular complexity index is 311. The first kappa shape index (κ1) is 16.0. The Labute approximate surface area is 107 Å². The molecule has 1 rings (SSSR count). The minimum absolute atomic E-state index is 1.00. The topological polar surface area (TPSA) is 8.17 Å². The van der Waals surface area contributed by atoms with E-state index in [-0.39, 0.29) is 0 Å². The third-order valence-corrected chi connectivity index (χ3v) is 2.41. The molecule has 0 unspecified atom stereocenters. The molecular formula is C15H28N2. The van der Waals surface area contributed by atoms with Gasteiger partial charge in [0.2, 0.25) is 0 Å². The molecular weight excluding hydrogens is 208 g/mol. The van der Waals surface area contributed by atoms with E-state index in [4.69, 9.17) is 0 Å². The number of hydrogen-bond acceptors (Lipinski definition) is 1. The number of aryl methyl sites for hydroxylation is 1. The lowest BCUT2D eigenvalue weighted by atomic mass is 10.2. The predicted octanol–water partition coefficient (Wildman–Crippen LogP) is 3.62. The average Bonchev–Trinajstić information content (AvgIpc) is 2.58. The highest BCUT2D eigenvalue weighted by Crippen LogP contribution is 2.10. The van der Waals surface area contributed by atoms with Crippen LogP contribution in [-0.2, 0) is 20.0 Å². The van der Waals surface area contributed by atoms with Gasteiger partial charge in [0.05, 0.1) is 0 Å². The van der Waals surface area contributed by atoms with Gasteiger partial charge >= 0.3 is 0 Å². The van der Waals surface area contributed by atoms with Gasteiger partial charge in [0.25, 0.3) is 0 Å². The smallest absolute Gasteiger partial charge is 0.0381 e. The zero-order chi connectivity index (χ0) is 13.3. The van der Waals surface area contributed by atoms with E-state index in [0.29, 0.717) is 0 Å². The average molecular weight is 236 g/mol. The van der Waals surface area contributed by atoms with Crippen LogP contribution >= 0.6 is 0 Å². The quantitative estimate of drug-likeness (QED) is 0.709. The second-order valence-corrected chi connectivity index (χ2v) is 4.65. The largest absolute Gasteiger partial charge is 0.350 e. The zero-order valence-electron chi connectivity index (χ0n) is 12.2. The molecule has 1 aromatic rings. The first-order valence-electron chi connectivity index (χ1n) is 6.45. The Kier molecular flexibility index (Phi) is 8.51. The maximum atomic E-state index is 3.74. The van der Waals surface area contributed by atoms with Gasteiger partial charge in [-0.15, -0.1) is 6.58 Å².